The molecule has 0 saturated carbocycles. The Balaban J connectivity index is 0.000000771. The fourth-order valence-corrected chi connectivity index (χ4v) is 1.80. The third kappa shape index (κ3) is 2.65. The van der Waals surface area contributed by atoms with Crippen molar-refractivity contribution in [2.45, 2.75) is 40.2 Å². The quantitative estimate of drug-likeness (QED) is 0.852. The van der Waals surface area contributed by atoms with Gasteiger partial charge in [0.25, 0.3) is 0 Å². The summed E-state index contributed by atoms with van der Waals surface area (Å²) in [5.41, 5.74) is 1.44. The van der Waals surface area contributed by atoms with Crippen molar-refractivity contribution < 1.29 is 5.11 Å². The van der Waals surface area contributed by atoms with Crippen LogP contribution < -0.4 is 0 Å². The highest BCUT2D eigenvalue weighted by Crippen LogP contribution is 2.26. The zero-order valence-corrected chi connectivity index (χ0v) is 12.3. The predicted octanol–water partition coefficient (Wildman–Crippen LogP) is 3.15. The van der Waals surface area contributed by atoms with Crippen molar-refractivity contribution in [1.82, 2.24) is 14.5 Å². The second-order valence-corrected chi connectivity index (χ2v) is 4.87. The number of rotatable bonds is 2. The lowest BCUT2D eigenvalue weighted by molar-refractivity contribution is 0.168. The molecule has 2 aromatic heterocycles. The van der Waals surface area contributed by atoms with Gasteiger partial charge in [0.2, 0.25) is 5.28 Å². The Morgan fingerprint density at radius 1 is 1.39 bits per heavy atom. The van der Waals surface area contributed by atoms with Crippen LogP contribution in [0.25, 0.3) is 11.0 Å². The number of halogens is 1. The normalized spacial score (nSPS) is 11.3. The summed E-state index contributed by atoms with van der Waals surface area (Å²) in [4.78, 5) is 8.18. The van der Waals surface area contributed by atoms with E-state index in [-0.39, 0.29) is 11.9 Å². The first-order chi connectivity index (χ1) is 8.45. The third-order valence-corrected chi connectivity index (χ3v) is 2.94. The molecule has 0 fully saturated rings. The Morgan fingerprint density at radius 2 is 2.00 bits per heavy atom. The van der Waals surface area contributed by atoms with E-state index in [1.807, 2.05) is 45.4 Å². The molecule has 0 spiro atoms. The average molecular weight is 270 g/mol. The maximum atomic E-state index is 9.39. The van der Waals surface area contributed by atoms with E-state index in [9.17, 15) is 5.11 Å². The maximum absolute atomic E-state index is 9.39. The van der Waals surface area contributed by atoms with Crippen molar-refractivity contribution in [3.8, 4) is 0 Å². The molecule has 0 radical (unpaired) electrons. The van der Waals surface area contributed by atoms with Gasteiger partial charge in [-0.15, -0.1) is 0 Å². The molecule has 5 heteroatoms. The Labute approximate surface area is 113 Å². The lowest BCUT2D eigenvalue weighted by Crippen LogP contribution is -2.29. The van der Waals surface area contributed by atoms with E-state index < -0.39 is 5.54 Å². The van der Waals surface area contributed by atoms with Gasteiger partial charge in [-0.3, -0.25) is 0 Å². The molecule has 0 amide bonds. The molecule has 2 rings (SSSR count). The average Bonchev–Trinajstić information content (AvgIpc) is 2.69. The summed E-state index contributed by atoms with van der Waals surface area (Å²) in [6.07, 6.45) is 3.68. The van der Waals surface area contributed by atoms with Gasteiger partial charge in [-0.1, -0.05) is 13.8 Å². The topological polar surface area (TPSA) is 50.9 Å². The number of hydrogen-bond donors (Lipinski definition) is 1. The minimum absolute atomic E-state index is 0.0395. The largest absolute Gasteiger partial charge is 0.394 e. The van der Waals surface area contributed by atoms with Gasteiger partial charge in [-0.25, -0.2) is 4.98 Å². The van der Waals surface area contributed by atoms with E-state index in [1.54, 1.807) is 6.20 Å². The molecule has 2 heterocycles. The smallest absolute Gasteiger partial charge is 0.224 e. The standard InChI is InChI=1S/C11H14ClN3O.C2H6/c1-7-5-15(11(2,3)6-16)9-8(7)4-13-10(12)14-9;1-2/h4-5,16H,6H2,1-3H3;1-2H3. The maximum Gasteiger partial charge on any atom is 0.224 e. The molecule has 100 valence electrons. The van der Waals surface area contributed by atoms with Crippen molar-refractivity contribution in [2.75, 3.05) is 6.61 Å². The minimum Gasteiger partial charge on any atom is -0.394 e. The number of aliphatic hydroxyl groups excluding tert-OH is 1. The van der Waals surface area contributed by atoms with Crippen LogP contribution in [0.1, 0.15) is 33.3 Å². The molecule has 0 saturated heterocycles. The van der Waals surface area contributed by atoms with Crippen LogP contribution in [0.2, 0.25) is 5.28 Å². The molecule has 18 heavy (non-hydrogen) atoms. The predicted molar refractivity (Wildman–Crippen MR) is 75.0 cm³/mol. The fourth-order valence-electron chi connectivity index (χ4n) is 1.68. The van der Waals surface area contributed by atoms with Crippen LogP contribution in [0, 0.1) is 6.92 Å². The Hall–Kier alpha value is -1.13. The summed E-state index contributed by atoms with van der Waals surface area (Å²) in [6, 6.07) is 0. The molecule has 0 atom stereocenters. The molecule has 0 aliphatic carbocycles. The first-order valence-electron chi connectivity index (χ1n) is 6.07. The number of aryl methyl sites for hydroxylation is 1. The van der Waals surface area contributed by atoms with Crippen LogP contribution in [0.3, 0.4) is 0 Å². The number of aromatic nitrogens is 3. The minimum atomic E-state index is -0.399. The van der Waals surface area contributed by atoms with Crippen molar-refractivity contribution in [3.05, 3.63) is 23.2 Å². The summed E-state index contributed by atoms with van der Waals surface area (Å²) in [5.74, 6) is 0. The van der Waals surface area contributed by atoms with Crippen molar-refractivity contribution >= 4 is 22.6 Å². The van der Waals surface area contributed by atoms with Gasteiger partial charge in [0.15, 0.2) is 0 Å². The van der Waals surface area contributed by atoms with Gasteiger partial charge in [0.1, 0.15) is 5.65 Å². The van der Waals surface area contributed by atoms with E-state index >= 15 is 0 Å². The number of aliphatic hydroxyl groups is 1. The molecule has 0 aliphatic heterocycles. The summed E-state index contributed by atoms with van der Waals surface area (Å²) < 4.78 is 1.94. The van der Waals surface area contributed by atoms with E-state index in [4.69, 9.17) is 11.6 Å². The second kappa shape index (κ2) is 5.67. The van der Waals surface area contributed by atoms with Gasteiger partial charge >= 0.3 is 0 Å². The van der Waals surface area contributed by atoms with Crippen molar-refractivity contribution in [1.29, 1.82) is 0 Å². The first-order valence-corrected chi connectivity index (χ1v) is 6.45. The fraction of sp³-hybridized carbons (Fsp3) is 0.538. The lowest BCUT2D eigenvalue weighted by atomic mass is 10.1. The number of hydrogen-bond acceptors (Lipinski definition) is 3. The number of fused-ring (bicyclic) bond motifs is 1. The van der Waals surface area contributed by atoms with Crippen molar-refractivity contribution in [2.24, 2.45) is 0 Å². The van der Waals surface area contributed by atoms with E-state index in [0.717, 1.165) is 16.6 Å². The SMILES string of the molecule is CC.Cc1cn(C(C)(C)CO)c2nc(Cl)ncc12. The summed E-state index contributed by atoms with van der Waals surface area (Å²) in [5, 5.41) is 10.6. The lowest BCUT2D eigenvalue weighted by Gasteiger charge is -2.24. The molecule has 0 unspecified atom stereocenters. The molecule has 4 nitrogen and oxygen atoms in total. The van der Waals surface area contributed by atoms with E-state index in [0.29, 0.717) is 0 Å². The van der Waals surface area contributed by atoms with E-state index in [2.05, 4.69) is 9.97 Å². The third-order valence-electron chi connectivity index (χ3n) is 2.75. The second-order valence-electron chi connectivity index (χ2n) is 4.53. The van der Waals surface area contributed by atoms with Gasteiger partial charge in [-0.05, 0) is 37.9 Å². The molecule has 2 aromatic rings. The highest BCUT2D eigenvalue weighted by Gasteiger charge is 2.22. The first kappa shape index (κ1) is 14.9. The van der Waals surface area contributed by atoms with Gasteiger partial charge < -0.3 is 9.67 Å². The van der Waals surface area contributed by atoms with Crippen molar-refractivity contribution in [3.63, 3.8) is 0 Å². The number of nitrogens with zero attached hydrogens (tertiary/aromatic N) is 3. The molecule has 0 bridgehead atoms. The summed E-state index contributed by atoms with van der Waals surface area (Å²) in [7, 11) is 0. The Kier molecular flexibility index (Phi) is 4.71. The van der Waals surface area contributed by atoms with Gasteiger partial charge in [0.05, 0.1) is 12.1 Å². The monoisotopic (exact) mass is 269 g/mol. The molecular formula is C13H20ClN3O. The molecular weight excluding hydrogens is 250 g/mol. The Bertz CT molecular complexity index is 534. The Morgan fingerprint density at radius 3 is 2.56 bits per heavy atom. The van der Waals surface area contributed by atoms with Crippen LogP contribution >= 0.6 is 11.6 Å². The van der Waals surface area contributed by atoms with Crippen LogP contribution in [0.4, 0.5) is 0 Å². The zero-order valence-electron chi connectivity index (χ0n) is 11.5. The van der Waals surface area contributed by atoms with Crippen LogP contribution in [-0.4, -0.2) is 26.2 Å². The van der Waals surface area contributed by atoms with Crippen LogP contribution in [0.5, 0.6) is 0 Å². The zero-order chi connectivity index (χ0) is 13.9. The highest BCUT2D eigenvalue weighted by atomic mass is 35.5. The molecule has 0 aromatic carbocycles. The van der Waals surface area contributed by atoms with E-state index in [1.165, 1.54) is 0 Å². The van der Waals surface area contributed by atoms with Crippen LogP contribution in [0.15, 0.2) is 12.4 Å². The molecule has 1 N–H and O–H groups in total. The summed E-state index contributed by atoms with van der Waals surface area (Å²) >= 11 is 5.80. The summed E-state index contributed by atoms with van der Waals surface area (Å²) in [6.45, 7) is 9.92. The van der Waals surface area contributed by atoms with Gasteiger partial charge in [0, 0.05) is 17.8 Å². The van der Waals surface area contributed by atoms with Crippen LogP contribution in [-0.2, 0) is 5.54 Å². The molecule has 0 aliphatic rings. The highest BCUT2D eigenvalue weighted by molar-refractivity contribution is 6.28. The van der Waals surface area contributed by atoms with Gasteiger partial charge in [-0.2, -0.15) is 4.98 Å².